The second kappa shape index (κ2) is 15.2. The van der Waals surface area contributed by atoms with E-state index in [0.29, 0.717) is 6.41 Å². The number of nitrogens with one attached hydrogen (secondary N) is 1. The van der Waals surface area contributed by atoms with Crippen LogP contribution in [0.2, 0.25) is 0 Å². The summed E-state index contributed by atoms with van der Waals surface area (Å²) in [5.41, 5.74) is 5.78. The third-order valence-corrected chi connectivity index (χ3v) is 1.22. The summed E-state index contributed by atoms with van der Waals surface area (Å²) in [6.45, 7) is 9.98. The molecule has 0 radical (unpaired) electrons. The van der Waals surface area contributed by atoms with Crippen LogP contribution in [0, 0.1) is 0 Å². The van der Waals surface area contributed by atoms with Crippen molar-refractivity contribution in [1.29, 1.82) is 0 Å². The second-order valence-corrected chi connectivity index (χ2v) is 2.34. The Bertz CT molecular complexity index is 288. The van der Waals surface area contributed by atoms with E-state index in [2.05, 4.69) is 30.8 Å². The molecule has 3 N–H and O–H groups in total. The Labute approximate surface area is 97.0 Å². The van der Waals surface area contributed by atoms with E-state index in [1.807, 2.05) is 36.4 Å². The van der Waals surface area contributed by atoms with Crippen molar-refractivity contribution in [3.8, 4) is 0 Å². The maximum atomic E-state index is 9.22. The second-order valence-electron chi connectivity index (χ2n) is 2.34. The van der Waals surface area contributed by atoms with E-state index in [0.717, 1.165) is 0 Å². The molecule has 0 saturated heterocycles. The van der Waals surface area contributed by atoms with Gasteiger partial charge in [0.2, 0.25) is 6.41 Å². The molecule has 0 unspecified atom stereocenters. The fourth-order valence-corrected chi connectivity index (χ4v) is 0.637. The molecule has 3 heteroatoms. The topological polar surface area (TPSA) is 55.1 Å². The first kappa shape index (κ1) is 16.2. The van der Waals surface area contributed by atoms with Crippen LogP contribution in [0.5, 0.6) is 0 Å². The molecule has 16 heavy (non-hydrogen) atoms. The molecule has 3 nitrogen and oxygen atoms in total. The molecule has 86 valence electrons. The molecule has 0 aliphatic rings. The number of hydrogen-bond acceptors (Lipinski definition) is 2. The van der Waals surface area contributed by atoms with Crippen LogP contribution in [-0.4, -0.2) is 6.41 Å². The van der Waals surface area contributed by atoms with Gasteiger partial charge in [-0.3, -0.25) is 4.79 Å². The van der Waals surface area contributed by atoms with Crippen molar-refractivity contribution in [3.63, 3.8) is 0 Å². The predicted octanol–water partition coefficient (Wildman–Crippen LogP) is 2.29. The zero-order valence-corrected chi connectivity index (χ0v) is 9.30. The van der Waals surface area contributed by atoms with E-state index in [4.69, 9.17) is 0 Å². The van der Waals surface area contributed by atoms with Gasteiger partial charge in [-0.25, -0.2) is 0 Å². The zero-order valence-electron chi connectivity index (χ0n) is 9.30. The normalized spacial score (nSPS) is 6.75. The van der Waals surface area contributed by atoms with Gasteiger partial charge in [-0.05, 0) is 18.0 Å². The van der Waals surface area contributed by atoms with Crippen molar-refractivity contribution in [2.24, 2.45) is 5.73 Å². The van der Waals surface area contributed by atoms with Gasteiger partial charge in [-0.1, -0.05) is 56.1 Å². The Hall–Kier alpha value is -2.29. The first-order valence-electron chi connectivity index (χ1n) is 4.57. The summed E-state index contributed by atoms with van der Waals surface area (Å²) in [5, 5.41) is 2.19. The van der Waals surface area contributed by atoms with Gasteiger partial charge in [0.1, 0.15) is 0 Å². The molecule has 0 saturated carbocycles. The zero-order chi connectivity index (χ0) is 12.6. The van der Waals surface area contributed by atoms with Crippen LogP contribution in [0.1, 0.15) is 5.56 Å². The van der Waals surface area contributed by atoms with E-state index in [1.165, 1.54) is 18.0 Å². The Morgan fingerprint density at radius 1 is 1.12 bits per heavy atom. The summed E-state index contributed by atoms with van der Waals surface area (Å²) < 4.78 is 0. The maximum absolute atomic E-state index is 9.22. The average Bonchev–Trinajstić information content (AvgIpc) is 2.33. The molecule has 0 atom stereocenters. The summed E-state index contributed by atoms with van der Waals surface area (Å²) in [7, 11) is 0. The highest BCUT2D eigenvalue weighted by Crippen LogP contribution is 1.97. The smallest absolute Gasteiger partial charge is 0.211 e. The molecule has 1 amide bonds. The highest BCUT2D eigenvalue weighted by Gasteiger charge is 1.75. The highest BCUT2D eigenvalue weighted by atomic mass is 16.1. The summed E-state index contributed by atoms with van der Waals surface area (Å²) in [5.74, 6) is 0. The minimum atomic E-state index is 0.562. The molecule has 1 rings (SSSR count). The van der Waals surface area contributed by atoms with Gasteiger partial charge in [0.05, 0.1) is 0 Å². The number of carbonyl (C=O) groups is 1. The van der Waals surface area contributed by atoms with Gasteiger partial charge in [-0.15, -0.1) is 0 Å². The molecule has 0 aromatic heterocycles. The number of benzene rings is 1. The van der Waals surface area contributed by atoms with Crippen LogP contribution in [0.4, 0.5) is 0 Å². The first-order valence-corrected chi connectivity index (χ1v) is 4.57. The van der Waals surface area contributed by atoms with Crippen LogP contribution in [-0.2, 0) is 4.79 Å². The lowest BCUT2D eigenvalue weighted by molar-refractivity contribution is -0.108. The van der Waals surface area contributed by atoms with E-state index < -0.39 is 0 Å². The summed E-state index contributed by atoms with van der Waals surface area (Å²) >= 11 is 0. The number of nitrogens with two attached hydrogens (primary N) is 1. The number of rotatable bonds is 3. The summed E-state index contributed by atoms with van der Waals surface area (Å²) in [6.07, 6.45) is 4.96. The molecular weight excluding hydrogens is 200 g/mol. The fraction of sp³-hybridized carbons (Fsp3) is 0. The number of hydrogen-bond donors (Lipinski definition) is 2. The van der Waals surface area contributed by atoms with Crippen molar-refractivity contribution in [2.45, 2.75) is 0 Å². The van der Waals surface area contributed by atoms with Crippen LogP contribution in [0.3, 0.4) is 0 Å². The standard InChI is InChI=1S/C8H8.C3H5NO.C2H5N/c1-2-8-6-4-3-5-7-8;1-2-4-3-5;1-2-3/h2-7H,1H2;2-3H,1H2,(H,4,5);2H,1,3H2. The van der Waals surface area contributed by atoms with E-state index >= 15 is 0 Å². The molecule has 1 aromatic carbocycles. The number of carbonyl (C=O) groups excluding carboxylic acids is 1. The lowest BCUT2D eigenvalue weighted by Gasteiger charge is -1.85. The molecule has 0 aliphatic heterocycles. The molecule has 0 fully saturated rings. The molecule has 1 aromatic rings. The van der Waals surface area contributed by atoms with Gasteiger partial charge >= 0.3 is 0 Å². The molecule has 0 bridgehead atoms. The monoisotopic (exact) mass is 218 g/mol. The predicted molar refractivity (Wildman–Crippen MR) is 70.3 cm³/mol. The minimum Gasteiger partial charge on any atom is -0.405 e. The van der Waals surface area contributed by atoms with Gasteiger partial charge < -0.3 is 11.1 Å². The van der Waals surface area contributed by atoms with Crippen molar-refractivity contribution in [1.82, 2.24) is 5.32 Å². The lowest BCUT2D eigenvalue weighted by Crippen LogP contribution is -1.96. The Morgan fingerprint density at radius 3 is 1.81 bits per heavy atom. The Balaban J connectivity index is 0. The minimum absolute atomic E-state index is 0.562. The maximum Gasteiger partial charge on any atom is 0.211 e. The van der Waals surface area contributed by atoms with E-state index in [9.17, 15) is 4.79 Å². The quantitative estimate of drug-likeness (QED) is 0.765. The van der Waals surface area contributed by atoms with Crippen molar-refractivity contribution in [3.05, 3.63) is 68.0 Å². The largest absolute Gasteiger partial charge is 0.405 e. The van der Waals surface area contributed by atoms with Crippen LogP contribution >= 0.6 is 0 Å². The number of amides is 1. The third kappa shape index (κ3) is 14.2. The SMILES string of the molecule is C=CN.C=CNC=O.C=Cc1ccccc1. The summed E-state index contributed by atoms with van der Waals surface area (Å²) in [6, 6.07) is 10.0. The Morgan fingerprint density at radius 2 is 1.62 bits per heavy atom. The van der Waals surface area contributed by atoms with Gasteiger partial charge in [0.25, 0.3) is 0 Å². The molecular formula is C13H18N2O. The van der Waals surface area contributed by atoms with E-state index in [1.54, 1.807) is 0 Å². The average molecular weight is 218 g/mol. The fourth-order valence-electron chi connectivity index (χ4n) is 0.637. The van der Waals surface area contributed by atoms with E-state index in [-0.39, 0.29) is 0 Å². The summed E-state index contributed by atoms with van der Waals surface area (Å²) in [4.78, 5) is 9.22. The van der Waals surface area contributed by atoms with Crippen LogP contribution in [0.15, 0.2) is 62.5 Å². The van der Waals surface area contributed by atoms with Crippen LogP contribution in [0.25, 0.3) is 6.08 Å². The molecule has 0 heterocycles. The van der Waals surface area contributed by atoms with Gasteiger partial charge in [0.15, 0.2) is 0 Å². The van der Waals surface area contributed by atoms with Crippen LogP contribution < -0.4 is 11.1 Å². The molecule has 0 spiro atoms. The third-order valence-electron chi connectivity index (χ3n) is 1.22. The van der Waals surface area contributed by atoms with Gasteiger partial charge in [-0.2, -0.15) is 0 Å². The first-order chi connectivity index (χ1) is 7.76. The lowest BCUT2D eigenvalue weighted by atomic mass is 10.2. The highest BCUT2D eigenvalue weighted by molar-refractivity contribution is 5.47. The van der Waals surface area contributed by atoms with Crippen molar-refractivity contribution in [2.75, 3.05) is 0 Å². The van der Waals surface area contributed by atoms with Crippen molar-refractivity contribution < 1.29 is 4.79 Å². The Kier molecular flexibility index (Phi) is 15.3. The molecule has 0 aliphatic carbocycles. The van der Waals surface area contributed by atoms with Gasteiger partial charge in [0, 0.05) is 0 Å². The van der Waals surface area contributed by atoms with Crippen molar-refractivity contribution >= 4 is 12.5 Å².